The molecule has 5 nitrogen and oxygen atoms in total. The van der Waals surface area contributed by atoms with Gasteiger partial charge >= 0.3 is 5.97 Å². The van der Waals surface area contributed by atoms with Crippen molar-refractivity contribution < 1.29 is 9.90 Å². The molecule has 0 bridgehead atoms. The lowest BCUT2D eigenvalue weighted by molar-refractivity contribution is -0.131. The summed E-state index contributed by atoms with van der Waals surface area (Å²) in [5, 5.41) is 14.9. The lowest BCUT2D eigenvalue weighted by Gasteiger charge is -2.02. The predicted octanol–water partition coefficient (Wildman–Crippen LogP) is 2.10. The molecule has 0 aliphatic rings. The number of carboxylic acid groups (broad SMARTS) is 1. The molecule has 1 heterocycles. The molecule has 2 rings (SSSR count). The summed E-state index contributed by atoms with van der Waals surface area (Å²) >= 11 is 0. The Morgan fingerprint density at radius 1 is 1.35 bits per heavy atom. The predicted molar refractivity (Wildman–Crippen MR) is 76.3 cm³/mol. The van der Waals surface area contributed by atoms with Crippen LogP contribution in [0, 0.1) is 0 Å². The van der Waals surface area contributed by atoms with Crippen LogP contribution in [-0.4, -0.2) is 21.3 Å². The van der Waals surface area contributed by atoms with Crippen LogP contribution in [0.4, 0.5) is 0 Å². The maximum absolute atomic E-state index is 11.6. The number of benzene rings is 1. The summed E-state index contributed by atoms with van der Waals surface area (Å²) in [4.78, 5) is 22.0. The van der Waals surface area contributed by atoms with Crippen LogP contribution in [0.25, 0.3) is 17.3 Å². The van der Waals surface area contributed by atoms with Gasteiger partial charge < -0.3 is 5.11 Å². The van der Waals surface area contributed by atoms with Crippen molar-refractivity contribution in [1.29, 1.82) is 0 Å². The molecule has 2 aromatic rings. The lowest BCUT2D eigenvalue weighted by atomic mass is 10.1. The van der Waals surface area contributed by atoms with E-state index < -0.39 is 11.5 Å². The van der Waals surface area contributed by atoms with Crippen molar-refractivity contribution in [3.05, 3.63) is 57.9 Å². The number of hydrogen-bond acceptors (Lipinski definition) is 3. The van der Waals surface area contributed by atoms with Crippen LogP contribution < -0.4 is 5.56 Å². The van der Waals surface area contributed by atoms with E-state index in [0.29, 0.717) is 5.69 Å². The highest BCUT2D eigenvalue weighted by Crippen LogP contribution is 2.17. The summed E-state index contributed by atoms with van der Waals surface area (Å²) in [6.07, 6.45) is 3.13. The van der Waals surface area contributed by atoms with Gasteiger partial charge in [-0.25, -0.2) is 9.89 Å². The summed E-state index contributed by atoms with van der Waals surface area (Å²) in [6, 6.07) is 9.40. The van der Waals surface area contributed by atoms with E-state index in [1.807, 2.05) is 24.3 Å². The zero-order valence-corrected chi connectivity index (χ0v) is 11.0. The molecular weight excluding hydrogens is 256 g/mol. The van der Waals surface area contributed by atoms with Crippen molar-refractivity contribution in [3.8, 4) is 11.3 Å². The van der Waals surface area contributed by atoms with Gasteiger partial charge in [0.2, 0.25) is 0 Å². The van der Waals surface area contributed by atoms with E-state index in [1.165, 1.54) is 11.6 Å². The highest BCUT2D eigenvalue weighted by molar-refractivity contribution is 5.85. The molecule has 0 amide bonds. The maximum atomic E-state index is 11.6. The molecule has 0 fully saturated rings. The van der Waals surface area contributed by atoms with E-state index in [-0.39, 0.29) is 5.56 Å². The van der Waals surface area contributed by atoms with Gasteiger partial charge in [-0.2, -0.15) is 5.10 Å². The molecule has 102 valence electrons. The molecule has 2 N–H and O–H groups in total. The molecule has 1 aromatic heterocycles. The van der Waals surface area contributed by atoms with Gasteiger partial charge in [-0.15, -0.1) is 0 Å². The minimum Gasteiger partial charge on any atom is -0.478 e. The zero-order chi connectivity index (χ0) is 14.5. The highest BCUT2D eigenvalue weighted by Gasteiger charge is 2.04. The minimum absolute atomic E-state index is 0.261. The first-order chi connectivity index (χ1) is 9.60. The Hall–Kier alpha value is -2.69. The summed E-state index contributed by atoms with van der Waals surface area (Å²) in [7, 11) is 0. The van der Waals surface area contributed by atoms with Crippen LogP contribution in [0.15, 0.2) is 41.2 Å². The summed E-state index contributed by atoms with van der Waals surface area (Å²) in [5.41, 5.74) is 2.51. The van der Waals surface area contributed by atoms with Crippen molar-refractivity contribution in [2.75, 3.05) is 0 Å². The maximum Gasteiger partial charge on any atom is 0.328 e. The highest BCUT2D eigenvalue weighted by atomic mass is 16.4. The zero-order valence-electron chi connectivity index (χ0n) is 11.0. The average Bonchev–Trinajstić information content (AvgIpc) is 2.46. The van der Waals surface area contributed by atoms with Gasteiger partial charge in [0.1, 0.15) is 0 Å². The molecule has 0 atom stereocenters. The fourth-order valence-electron chi connectivity index (χ4n) is 1.76. The molecule has 1 aromatic carbocycles. The Labute approximate surface area is 115 Å². The molecule has 0 aliphatic carbocycles. The van der Waals surface area contributed by atoms with Gasteiger partial charge in [0.15, 0.2) is 0 Å². The van der Waals surface area contributed by atoms with Gasteiger partial charge in [0, 0.05) is 17.2 Å². The second-order valence-corrected chi connectivity index (χ2v) is 4.26. The monoisotopic (exact) mass is 270 g/mol. The van der Waals surface area contributed by atoms with Crippen molar-refractivity contribution >= 4 is 12.0 Å². The number of hydrogen-bond donors (Lipinski definition) is 2. The van der Waals surface area contributed by atoms with Crippen LogP contribution in [0.1, 0.15) is 18.1 Å². The summed E-state index contributed by atoms with van der Waals surface area (Å²) in [5.74, 6) is -1.10. The third-order valence-electron chi connectivity index (χ3n) is 2.90. The third kappa shape index (κ3) is 3.20. The van der Waals surface area contributed by atoms with Gasteiger partial charge in [-0.3, -0.25) is 4.79 Å². The molecule has 0 unspecified atom stereocenters. The number of aromatic nitrogens is 2. The molecule has 0 radical (unpaired) electrons. The van der Waals surface area contributed by atoms with Crippen LogP contribution in [-0.2, 0) is 11.2 Å². The topological polar surface area (TPSA) is 83.0 Å². The van der Waals surface area contributed by atoms with Crippen molar-refractivity contribution in [1.82, 2.24) is 10.2 Å². The number of nitrogens with zero attached hydrogens (tertiary/aromatic N) is 1. The first-order valence-electron chi connectivity index (χ1n) is 6.20. The number of aryl methyl sites for hydroxylation is 1. The van der Waals surface area contributed by atoms with E-state index in [4.69, 9.17) is 5.11 Å². The number of aliphatic carboxylic acids is 1. The minimum atomic E-state index is -1.10. The second kappa shape index (κ2) is 5.97. The van der Waals surface area contributed by atoms with E-state index in [1.54, 1.807) is 6.07 Å². The van der Waals surface area contributed by atoms with E-state index >= 15 is 0 Å². The summed E-state index contributed by atoms with van der Waals surface area (Å²) < 4.78 is 0. The third-order valence-corrected chi connectivity index (χ3v) is 2.90. The van der Waals surface area contributed by atoms with E-state index in [0.717, 1.165) is 18.1 Å². The fourth-order valence-corrected chi connectivity index (χ4v) is 1.76. The number of aromatic amines is 1. The van der Waals surface area contributed by atoms with Crippen LogP contribution in [0.5, 0.6) is 0 Å². The number of carbonyl (C=O) groups is 1. The number of rotatable bonds is 4. The molecule has 20 heavy (non-hydrogen) atoms. The van der Waals surface area contributed by atoms with Crippen LogP contribution >= 0.6 is 0 Å². The first-order valence-corrected chi connectivity index (χ1v) is 6.20. The number of carboxylic acids is 1. The second-order valence-electron chi connectivity index (χ2n) is 4.26. The number of H-pyrrole nitrogens is 1. The summed E-state index contributed by atoms with van der Waals surface area (Å²) in [6.45, 7) is 2.07. The molecule has 0 aliphatic heterocycles. The van der Waals surface area contributed by atoms with Gasteiger partial charge in [0.05, 0.1) is 5.69 Å². The molecule has 0 spiro atoms. The van der Waals surface area contributed by atoms with Crippen molar-refractivity contribution in [2.45, 2.75) is 13.3 Å². The van der Waals surface area contributed by atoms with Crippen LogP contribution in [0.2, 0.25) is 0 Å². The Morgan fingerprint density at radius 3 is 2.65 bits per heavy atom. The average molecular weight is 270 g/mol. The Kier molecular flexibility index (Phi) is 4.10. The van der Waals surface area contributed by atoms with Crippen LogP contribution in [0.3, 0.4) is 0 Å². The Balaban J connectivity index is 2.39. The standard InChI is InChI=1S/C15H14N2O3/c1-2-10-3-5-11(6-4-10)13-9-12(7-8-14(18)19)15(20)17-16-13/h3-9H,2H2,1H3,(H,17,20)(H,18,19)/b8-7+. The van der Waals surface area contributed by atoms with Crippen molar-refractivity contribution in [3.63, 3.8) is 0 Å². The van der Waals surface area contributed by atoms with E-state index in [2.05, 4.69) is 17.1 Å². The molecule has 5 heteroatoms. The molecular formula is C15H14N2O3. The van der Waals surface area contributed by atoms with E-state index in [9.17, 15) is 9.59 Å². The van der Waals surface area contributed by atoms with Gasteiger partial charge in [-0.05, 0) is 24.1 Å². The molecule has 0 saturated heterocycles. The first kappa shape index (κ1) is 13.7. The number of nitrogens with one attached hydrogen (secondary N) is 1. The largest absolute Gasteiger partial charge is 0.478 e. The Bertz CT molecular complexity index is 700. The Morgan fingerprint density at radius 2 is 2.05 bits per heavy atom. The SMILES string of the molecule is CCc1ccc(-c2cc(/C=C/C(=O)O)c(=O)[nH]n2)cc1. The smallest absolute Gasteiger partial charge is 0.328 e. The van der Waals surface area contributed by atoms with Gasteiger partial charge in [0.25, 0.3) is 5.56 Å². The van der Waals surface area contributed by atoms with Gasteiger partial charge in [-0.1, -0.05) is 31.2 Å². The molecule has 0 saturated carbocycles. The quantitative estimate of drug-likeness (QED) is 0.833. The lowest BCUT2D eigenvalue weighted by Crippen LogP contribution is -2.11. The van der Waals surface area contributed by atoms with Crippen molar-refractivity contribution in [2.24, 2.45) is 0 Å². The normalized spacial score (nSPS) is 10.8. The fraction of sp³-hybridized carbons (Fsp3) is 0.133.